The second-order valence-electron chi connectivity index (χ2n) is 9.44. The third kappa shape index (κ3) is 5.94. The van der Waals surface area contributed by atoms with Crippen LogP contribution in [-0.2, 0) is 0 Å². The molecule has 0 unspecified atom stereocenters. The lowest BCUT2D eigenvalue weighted by Gasteiger charge is -2.36. The molecular formula is C31H29ClN6OS. The van der Waals surface area contributed by atoms with E-state index in [1.807, 2.05) is 72.9 Å². The molecule has 1 aliphatic heterocycles. The van der Waals surface area contributed by atoms with Gasteiger partial charge in [-0.2, -0.15) is 0 Å². The molecule has 40 heavy (non-hydrogen) atoms. The lowest BCUT2D eigenvalue weighted by Crippen LogP contribution is -2.46. The molecule has 0 spiro atoms. The number of fused-ring (bicyclic) bond motifs is 1. The van der Waals surface area contributed by atoms with E-state index in [0.717, 1.165) is 76.5 Å². The van der Waals surface area contributed by atoms with Crippen molar-refractivity contribution in [1.82, 2.24) is 15.0 Å². The highest BCUT2D eigenvalue weighted by atomic mass is 35.5. The fourth-order valence-electron chi connectivity index (χ4n) is 4.86. The van der Waals surface area contributed by atoms with Crippen molar-refractivity contribution in [3.05, 3.63) is 102 Å². The highest BCUT2D eigenvalue weighted by molar-refractivity contribution is 7.77. The third-order valence-electron chi connectivity index (χ3n) is 7.03. The number of nitrogens with zero attached hydrogens (tertiary/aromatic N) is 5. The Kier molecular flexibility index (Phi) is 8.60. The Morgan fingerprint density at radius 1 is 0.775 bits per heavy atom. The van der Waals surface area contributed by atoms with E-state index < -0.39 is 0 Å². The summed E-state index contributed by atoms with van der Waals surface area (Å²) in [5.74, 6) is 0.962. The number of hydrogen-bond acceptors (Lipinski definition) is 8. The minimum absolute atomic E-state index is 0.0864. The summed E-state index contributed by atoms with van der Waals surface area (Å²) in [6.45, 7) is 5.02. The molecule has 7 nitrogen and oxygen atoms in total. The van der Waals surface area contributed by atoms with E-state index >= 15 is 0 Å². The molecule has 2 aromatic heterocycles. The van der Waals surface area contributed by atoms with Crippen molar-refractivity contribution in [3.8, 4) is 22.3 Å². The standard InChI is InChI=1S/C31H26ClN5O.H3NS/c1-21(38)22-7-10-26(11-8-22)36-13-15-37(16-14-36)30-20-33-28-12-9-24(18-29(28)35-30)25-17-27(31(32)34-19-25)23-5-3-2-4-6-23;1-2/h2-12,17-20H,13-16H2,1H3;2H,1H2. The third-order valence-corrected chi connectivity index (χ3v) is 7.33. The topological polar surface area (TPSA) is 88.2 Å². The molecule has 0 aliphatic carbocycles. The maximum Gasteiger partial charge on any atom is 0.159 e. The quantitative estimate of drug-likeness (QED) is 0.145. The molecule has 1 aliphatic rings. The molecule has 9 heteroatoms. The molecule has 202 valence electrons. The SMILES string of the molecule is CC(=O)c1ccc(N2CCN(c3cnc4ccc(-c5cnc(Cl)c(-c6ccccc6)c5)cc4n3)CC2)cc1.NS. The fraction of sp³-hybridized carbons (Fsp3) is 0.161. The number of pyridine rings is 1. The zero-order valence-electron chi connectivity index (χ0n) is 22.0. The predicted molar refractivity (Wildman–Crippen MR) is 167 cm³/mol. The average Bonchev–Trinajstić information content (AvgIpc) is 3.02. The number of thiol groups is 1. The van der Waals surface area contributed by atoms with Crippen LogP contribution in [0.15, 0.2) is 91.3 Å². The number of benzene rings is 3. The molecule has 0 atom stereocenters. The molecule has 0 amide bonds. The lowest BCUT2D eigenvalue weighted by molar-refractivity contribution is 0.101. The van der Waals surface area contributed by atoms with Gasteiger partial charge in [-0.05, 0) is 60.5 Å². The molecule has 5 aromatic rings. The summed E-state index contributed by atoms with van der Waals surface area (Å²) < 4.78 is 0. The summed E-state index contributed by atoms with van der Waals surface area (Å²) in [7, 11) is 0. The Hall–Kier alpha value is -3.98. The minimum Gasteiger partial charge on any atom is -0.368 e. The maximum absolute atomic E-state index is 11.6. The molecule has 1 fully saturated rings. The van der Waals surface area contributed by atoms with Crippen LogP contribution >= 0.6 is 24.4 Å². The Morgan fingerprint density at radius 2 is 1.48 bits per heavy atom. The molecule has 0 saturated carbocycles. The smallest absolute Gasteiger partial charge is 0.159 e. The van der Waals surface area contributed by atoms with Crippen LogP contribution in [0, 0.1) is 0 Å². The van der Waals surface area contributed by atoms with Gasteiger partial charge in [-0.15, -0.1) is 12.8 Å². The van der Waals surface area contributed by atoms with Crippen LogP contribution in [-0.4, -0.2) is 46.9 Å². The van der Waals surface area contributed by atoms with Gasteiger partial charge >= 0.3 is 0 Å². The van der Waals surface area contributed by atoms with Gasteiger partial charge in [0, 0.05) is 54.8 Å². The van der Waals surface area contributed by atoms with Crippen molar-refractivity contribution in [1.29, 1.82) is 0 Å². The van der Waals surface area contributed by atoms with Gasteiger partial charge in [0.2, 0.25) is 0 Å². The first kappa shape index (κ1) is 27.6. The second-order valence-corrected chi connectivity index (χ2v) is 9.80. The van der Waals surface area contributed by atoms with Crippen LogP contribution < -0.4 is 14.9 Å². The monoisotopic (exact) mass is 568 g/mol. The van der Waals surface area contributed by atoms with Crippen molar-refractivity contribution in [2.75, 3.05) is 36.0 Å². The van der Waals surface area contributed by atoms with E-state index in [4.69, 9.17) is 16.6 Å². The predicted octanol–water partition coefficient (Wildman–Crippen LogP) is 6.33. The summed E-state index contributed by atoms with van der Waals surface area (Å²) in [5, 5.41) is 4.68. The van der Waals surface area contributed by atoms with Crippen LogP contribution in [0.1, 0.15) is 17.3 Å². The Bertz CT molecular complexity index is 1620. The van der Waals surface area contributed by atoms with Crippen LogP contribution in [0.5, 0.6) is 0 Å². The fourth-order valence-corrected chi connectivity index (χ4v) is 5.07. The Balaban J connectivity index is 0.00000158. The van der Waals surface area contributed by atoms with Crippen LogP contribution in [0.25, 0.3) is 33.3 Å². The normalized spacial score (nSPS) is 13.1. The Labute approximate surface area is 244 Å². The number of Topliss-reactive ketones (excluding diaryl/α,β-unsaturated/α-hetero) is 1. The zero-order chi connectivity index (χ0) is 28.1. The highest BCUT2D eigenvalue weighted by Crippen LogP contribution is 2.32. The number of hydrogen-bond donors (Lipinski definition) is 2. The van der Waals surface area contributed by atoms with Gasteiger partial charge in [0.15, 0.2) is 5.78 Å². The van der Waals surface area contributed by atoms with Gasteiger partial charge in [-0.3, -0.25) is 14.9 Å². The molecule has 3 aromatic carbocycles. The molecule has 2 N–H and O–H groups in total. The zero-order valence-corrected chi connectivity index (χ0v) is 23.7. The number of carbonyl (C=O) groups excluding carboxylic acids is 1. The van der Waals surface area contributed by atoms with E-state index in [-0.39, 0.29) is 5.78 Å². The highest BCUT2D eigenvalue weighted by Gasteiger charge is 2.19. The largest absolute Gasteiger partial charge is 0.368 e. The second kappa shape index (κ2) is 12.5. The van der Waals surface area contributed by atoms with E-state index in [1.165, 1.54) is 0 Å². The van der Waals surface area contributed by atoms with Gasteiger partial charge in [0.25, 0.3) is 0 Å². The van der Waals surface area contributed by atoms with Gasteiger partial charge in [0.05, 0.1) is 17.2 Å². The lowest BCUT2D eigenvalue weighted by atomic mass is 10.0. The van der Waals surface area contributed by atoms with Gasteiger partial charge < -0.3 is 9.80 Å². The number of anilines is 2. The van der Waals surface area contributed by atoms with Crippen molar-refractivity contribution in [3.63, 3.8) is 0 Å². The van der Waals surface area contributed by atoms with Crippen molar-refractivity contribution in [2.45, 2.75) is 6.92 Å². The van der Waals surface area contributed by atoms with E-state index in [9.17, 15) is 4.79 Å². The molecular weight excluding hydrogens is 540 g/mol. The maximum atomic E-state index is 11.6. The molecule has 6 rings (SSSR count). The summed E-state index contributed by atoms with van der Waals surface area (Å²) >= 11 is 9.46. The summed E-state index contributed by atoms with van der Waals surface area (Å²) in [6, 6.07) is 26.1. The number of carbonyl (C=O) groups is 1. The van der Waals surface area contributed by atoms with Crippen molar-refractivity contribution >= 4 is 52.7 Å². The minimum atomic E-state index is 0.0864. The number of ketones is 1. The first-order valence-corrected chi connectivity index (χ1v) is 13.8. The molecule has 0 bridgehead atoms. The molecule has 3 heterocycles. The van der Waals surface area contributed by atoms with Crippen LogP contribution in [0.4, 0.5) is 11.5 Å². The van der Waals surface area contributed by atoms with Gasteiger partial charge in [0.1, 0.15) is 11.0 Å². The Morgan fingerprint density at radius 3 is 2.17 bits per heavy atom. The number of aromatic nitrogens is 3. The van der Waals surface area contributed by atoms with Crippen molar-refractivity contribution < 1.29 is 4.79 Å². The number of nitrogens with two attached hydrogens (primary N) is 1. The first-order valence-electron chi connectivity index (χ1n) is 12.9. The summed E-state index contributed by atoms with van der Waals surface area (Å²) in [6.07, 6.45) is 3.66. The van der Waals surface area contributed by atoms with Gasteiger partial charge in [-0.25, -0.2) is 9.97 Å². The number of halogens is 1. The molecule has 1 saturated heterocycles. The van der Waals surface area contributed by atoms with Gasteiger partial charge in [-0.1, -0.05) is 48.0 Å². The number of rotatable bonds is 5. The molecule has 0 radical (unpaired) electrons. The van der Waals surface area contributed by atoms with Crippen molar-refractivity contribution in [2.24, 2.45) is 5.14 Å². The van der Waals surface area contributed by atoms with Crippen LogP contribution in [0.3, 0.4) is 0 Å². The van der Waals surface area contributed by atoms with E-state index in [1.54, 1.807) is 13.1 Å². The first-order chi connectivity index (χ1) is 19.5. The summed E-state index contributed by atoms with van der Waals surface area (Å²) in [4.78, 5) is 30.3. The van der Waals surface area contributed by atoms with Crippen LogP contribution in [0.2, 0.25) is 5.15 Å². The van der Waals surface area contributed by atoms with E-state index in [2.05, 4.69) is 49.9 Å². The van der Waals surface area contributed by atoms with E-state index in [0.29, 0.717) is 5.15 Å². The number of piperazine rings is 1. The average molecular weight is 569 g/mol. The summed E-state index contributed by atoms with van der Waals surface area (Å²) in [5.41, 5.74) is 7.50.